The molecule has 0 bridgehead atoms. The van der Waals surface area contributed by atoms with E-state index in [1.54, 1.807) is 12.1 Å². The number of nitrogens with zero attached hydrogens (tertiary/aromatic N) is 3. The molecule has 3 atom stereocenters. The number of nitro groups is 1. The average Bonchev–Trinajstić information content (AvgIpc) is 3.31. The molecule has 0 N–H and O–H groups in total. The van der Waals surface area contributed by atoms with Gasteiger partial charge < -0.3 is 4.74 Å². The number of rotatable bonds is 4. The number of cyclic esters (lactones) is 1. The lowest BCUT2D eigenvalue weighted by molar-refractivity contribution is -0.384. The molecule has 148 valence electrons. The van der Waals surface area contributed by atoms with Gasteiger partial charge >= 0.3 is 6.09 Å². The largest absolute Gasteiger partial charge is 0.447 e. The Morgan fingerprint density at radius 2 is 1.86 bits per heavy atom. The van der Waals surface area contributed by atoms with Crippen molar-refractivity contribution < 1.29 is 19.2 Å². The number of ether oxygens (including phenoxy) is 1. The van der Waals surface area contributed by atoms with Crippen molar-refractivity contribution in [2.75, 3.05) is 13.2 Å². The van der Waals surface area contributed by atoms with E-state index >= 15 is 0 Å². The van der Waals surface area contributed by atoms with E-state index in [4.69, 9.17) is 9.73 Å². The zero-order valence-electron chi connectivity index (χ0n) is 15.7. The number of benzene rings is 2. The van der Waals surface area contributed by atoms with Crippen molar-refractivity contribution in [3.05, 3.63) is 75.8 Å². The van der Waals surface area contributed by atoms with Crippen LogP contribution in [0.15, 0.2) is 59.6 Å². The number of carbonyl (C=O) groups excluding carboxylic acids is 2. The van der Waals surface area contributed by atoms with E-state index in [1.165, 1.54) is 12.1 Å². The molecule has 8 nitrogen and oxygen atoms in total. The number of hydrogen-bond acceptors (Lipinski definition) is 6. The Morgan fingerprint density at radius 1 is 1.17 bits per heavy atom. The molecule has 0 radical (unpaired) electrons. The van der Waals surface area contributed by atoms with Gasteiger partial charge in [-0.2, -0.15) is 0 Å². The molecule has 2 aliphatic heterocycles. The molecule has 2 aliphatic rings. The monoisotopic (exact) mass is 393 g/mol. The Hall–Kier alpha value is -3.55. The third-order valence-electron chi connectivity index (χ3n) is 5.42. The smallest absolute Gasteiger partial charge is 0.416 e. The van der Waals surface area contributed by atoms with Gasteiger partial charge in [-0.15, -0.1) is 0 Å². The fraction of sp³-hybridized carbons (Fsp3) is 0.286. The highest BCUT2D eigenvalue weighted by Gasteiger charge is 2.46. The molecule has 2 amide bonds. The van der Waals surface area contributed by atoms with Crippen molar-refractivity contribution >= 4 is 23.4 Å². The average molecular weight is 393 g/mol. The van der Waals surface area contributed by atoms with Gasteiger partial charge in [-0.05, 0) is 11.1 Å². The molecule has 8 heteroatoms. The maximum atomic E-state index is 13.2. The van der Waals surface area contributed by atoms with Gasteiger partial charge in [0.1, 0.15) is 6.61 Å². The maximum Gasteiger partial charge on any atom is 0.416 e. The topological polar surface area (TPSA) is 102 Å². The molecule has 1 saturated heterocycles. The lowest BCUT2D eigenvalue weighted by Crippen LogP contribution is -2.40. The van der Waals surface area contributed by atoms with Gasteiger partial charge in [0.25, 0.3) is 5.69 Å². The van der Waals surface area contributed by atoms with Crippen LogP contribution in [0.4, 0.5) is 10.5 Å². The Bertz CT molecular complexity index is 987. The summed E-state index contributed by atoms with van der Waals surface area (Å²) in [5.41, 5.74) is 2.35. The Labute approximate surface area is 167 Å². The zero-order valence-corrected chi connectivity index (χ0v) is 15.7. The lowest BCUT2D eigenvalue weighted by atomic mass is 9.82. The number of hydrogen-bond donors (Lipinski definition) is 0. The minimum absolute atomic E-state index is 0.0296. The number of imide groups is 1. The summed E-state index contributed by atoms with van der Waals surface area (Å²) < 4.78 is 4.93. The van der Waals surface area contributed by atoms with Gasteiger partial charge in [-0.1, -0.05) is 49.4 Å². The fourth-order valence-electron chi connectivity index (χ4n) is 3.94. The first-order chi connectivity index (χ1) is 14.0. The van der Waals surface area contributed by atoms with Gasteiger partial charge in [0.05, 0.1) is 23.4 Å². The number of non-ortho nitro benzene ring substituents is 1. The quantitative estimate of drug-likeness (QED) is 0.585. The lowest BCUT2D eigenvalue weighted by Gasteiger charge is -2.24. The number of carbonyl (C=O) groups is 2. The van der Waals surface area contributed by atoms with Crippen molar-refractivity contribution in [2.24, 2.45) is 16.8 Å². The first-order valence-electron chi connectivity index (χ1n) is 9.33. The molecular formula is C21H19N3O5. The normalized spacial score (nSPS) is 23.6. The summed E-state index contributed by atoms with van der Waals surface area (Å²) in [6.07, 6.45) is -0.641. The second-order valence-electron chi connectivity index (χ2n) is 7.09. The molecule has 0 aromatic heterocycles. The molecule has 0 aliphatic carbocycles. The van der Waals surface area contributed by atoms with E-state index in [1.807, 2.05) is 37.3 Å². The van der Waals surface area contributed by atoms with Crippen LogP contribution in [0.25, 0.3) is 0 Å². The van der Waals surface area contributed by atoms with E-state index < -0.39 is 23.0 Å². The second-order valence-corrected chi connectivity index (χ2v) is 7.09. The third-order valence-corrected chi connectivity index (χ3v) is 5.42. The van der Waals surface area contributed by atoms with Crippen LogP contribution < -0.4 is 0 Å². The maximum absolute atomic E-state index is 13.2. The third kappa shape index (κ3) is 3.37. The van der Waals surface area contributed by atoms with Crippen molar-refractivity contribution in [3.8, 4) is 0 Å². The van der Waals surface area contributed by atoms with Crippen molar-refractivity contribution in [2.45, 2.75) is 13.0 Å². The minimum Gasteiger partial charge on any atom is -0.447 e. The molecule has 0 unspecified atom stereocenters. The Kier molecular flexibility index (Phi) is 4.84. The van der Waals surface area contributed by atoms with Gasteiger partial charge in [-0.25, -0.2) is 9.69 Å². The van der Waals surface area contributed by atoms with Crippen LogP contribution in [0.2, 0.25) is 0 Å². The summed E-state index contributed by atoms with van der Waals surface area (Å²) in [5.74, 6) is -1.17. The highest BCUT2D eigenvalue weighted by molar-refractivity contribution is 6.07. The molecule has 2 aromatic rings. The molecule has 2 aromatic carbocycles. The number of aliphatic imine (C=N–C) groups is 1. The van der Waals surface area contributed by atoms with Crippen LogP contribution in [-0.4, -0.2) is 40.7 Å². The van der Waals surface area contributed by atoms with Gasteiger partial charge in [0.2, 0.25) is 5.91 Å². The first kappa shape index (κ1) is 18.8. The van der Waals surface area contributed by atoms with E-state index in [0.717, 1.165) is 16.2 Å². The van der Waals surface area contributed by atoms with E-state index in [2.05, 4.69) is 0 Å². The predicted octanol–water partition coefficient (Wildman–Crippen LogP) is 3.37. The zero-order chi connectivity index (χ0) is 20.5. The van der Waals surface area contributed by atoms with Crippen LogP contribution in [0.1, 0.15) is 24.1 Å². The fourth-order valence-corrected chi connectivity index (χ4v) is 3.94. The van der Waals surface area contributed by atoms with Crippen LogP contribution in [0.5, 0.6) is 0 Å². The summed E-state index contributed by atoms with van der Waals surface area (Å²) in [7, 11) is 0. The van der Waals surface area contributed by atoms with Crippen LogP contribution in [0, 0.1) is 22.0 Å². The summed E-state index contributed by atoms with van der Waals surface area (Å²) in [5, 5.41) is 11.0. The van der Waals surface area contributed by atoms with Crippen molar-refractivity contribution in [1.82, 2.24) is 4.90 Å². The van der Waals surface area contributed by atoms with Crippen molar-refractivity contribution in [1.29, 1.82) is 0 Å². The molecule has 0 spiro atoms. The van der Waals surface area contributed by atoms with Crippen LogP contribution in [-0.2, 0) is 9.53 Å². The summed E-state index contributed by atoms with van der Waals surface area (Å²) in [4.78, 5) is 41.7. The minimum atomic E-state index is -0.641. The Morgan fingerprint density at radius 3 is 2.45 bits per heavy atom. The van der Waals surface area contributed by atoms with E-state index in [-0.39, 0.29) is 30.7 Å². The SMILES string of the molecule is C[C@H]1C(c2ccccc2)=N[C@@H](c2ccc([N+](=O)[O-])cc2)[C@@H]1C(=O)N1CCOC1=O. The molecule has 29 heavy (non-hydrogen) atoms. The highest BCUT2D eigenvalue weighted by atomic mass is 16.6. The van der Waals surface area contributed by atoms with E-state index in [0.29, 0.717) is 5.56 Å². The second kappa shape index (κ2) is 7.46. The van der Waals surface area contributed by atoms with Gasteiger partial charge in [-0.3, -0.25) is 19.9 Å². The van der Waals surface area contributed by atoms with Gasteiger partial charge in [0, 0.05) is 23.8 Å². The number of amides is 2. The van der Waals surface area contributed by atoms with Crippen LogP contribution >= 0.6 is 0 Å². The molecular weight excluding hydrogens is 374 g/mol. The van der Waals surface area contributed by atoms with E-state index in [9.17, 15) is 19.7 Å². The van der Waals surface area contributed by atoms with Crippen LogP contribution in [0.3, 0.4) is 0 Å². The van der Waals surface area contributed by atoms with Gasteiger partial charge in [0.15, 0.2) is 0 Å². The summed E-state index contributed by atoms with van der Waals surface area (Å²) in [6.45, 7) is 2.32. The first-order valence-corrected chi connectivity index (χ1v) is 9.33. The summed E-state index contributed by atoms with van der Waals surface area (Å²) in [6, 6.07) is 15.1. The summed E-state index contributed by atoms with van der Waals surface area (Å²) >= 11 is 0. The predicted molar refractivity (Wildman–Crippen MR) is 105 cm³/mol. The standard InChI is InChI=1S/C21H19N3O5/c1-13-17(20(25)23-11-12-29-21(23)26)19(15-7-9-16(10-8-15)24(27)28)22-18(13)14-5-3-2-4-6-14/h2-10,13,17,19H,11-12H2,1H3/t13-,17-,19+/m1/s1. The molecule has 4 rings (SSSR count). The molecule has 2 heterocycles. The molecule has 0 saturated carbocycles. The Balaban J connectivity index is 1.74. The molecule has 1 fully saturated rings. The number of nitro benzene ring substituents is 1. The highest BCUT2D eigenvalue weighted by Crippen LogP contribution is 2.42. The van der Waals surface area contributed by atoms with Crippen molar-refractivity contribution in [3.63, 3.8) is 0 Å².